The smallest absolute Gasteiger partial charge is 0.236 e. The number of likely N-dealkylation sites (tertiary alicyclic amines) is 1. The molecule has 3 rings (SSSR count). The van der Waals surface area contributed by atoms with E-state index in [1.165, 1.54) is 22.8 Å². The summed E-state index contributed by atoms with van der Waals surface area (Å²) in [5.41, 5.74) is 1.26. The van der Waals surface area contributed by atoms with E-state index in [-0.39, 0.29) is 11.9 Å². The summed E-state index contributed by atoms with van der Waals surface area (Å²) < 4.78 is 0. The van der Waals surface area contributed by atoms with E-state index in [1.807, 2.05) is 0 Å². The van der Waals surface area contributed by atoms with Gasteiger partial charge in [-0.2, -0.15) is 0 Å². The van der Waals surface area contributed by atoms with Crippen LogP contribution in [0.5, 0.6) is 0 Å². The molecule has 3 nitrogen and oxygen atoms in total. The highest BCUT2D eigenvalue weighted by molar-refractivity contribution is 5.86. The van der Waals surface area contributed by atoms with Gasteiger partial charge in [-0.1, -0.05) is 49.4 Å². The maximum absolute atomic E-state index is 12.6. The molecule has 2 atom stereocenters. The van der Waals surface area contributed by atoms with Gasteiger partial charge in [-0.05, 0) is 48.9 Å². The molecule has 1 N–H and O–H groups in total. The number of hydrogen-bond acceptors (Lipinski definition) is 2. The third kappa shape index (κ3) is 3.62. The lowest BCUT2D eigenvalue weighted by Gasteiger charge is -2.35. The van der Waals surface area contributed by atoms with Gasteiger partial charge in [0.25, 0.3) is 0 Å². The first-order valence-electron chi connectivity index (χ1n) is 9.21. The number of benzene rings is 2. The second-order valence-corrected chi connectivity index (χ2v) is 6.82. The number of nitrogens with zero attached hydrogens (tertiary/aromatic N) is 1. The summed E-state index contributed by atoms with van der Waals surface area (Å²) >= 11 is 0. The quantitative estimate of drug-likeness (QED) is 0.890. The van der Waals surface area contributed by atoms with E-state index in [9.17, 15) is 4.79 Å². The van der Waals surface area contributed by atoms with Crippen molar-refractivity contribution >= 4 is 16.7 Å². The van der Waals surface area contributed by atoms with Gasteiger partial charge in [-0.15, -0.1) is 0 Å². The molecular weight excluding hydrogens is 296 g/mol. The molecule has 2 unspecified atom stereocenters. The van der Waals surface area contributed by atoms with Crippen molar-refractivity contribution in [2.45, 2.75) is 51.6 Å². The lowest BCUT2D eigenvalue weighted by Crippen LogP contribution is -2.47. The van der Waals surface area contributed by atoms with Gasteiger partial charge in [0.15, 0.2) is 0 Å². The zero-order chi connectivity index (χ0) is 16.9. The molecule has 2 aromatic carbocycles. The predicted molar refractivity (Wildman–Crippen MR) is 100 cm³/mol. The molecule has 1 saturated heterocycles. The van der Waals surface area contributed by atoms with Crippen LogP contribution in [0.15, 0.2) is 42.5 Å². The number of carbonyl (C=O) groups is 1. The third-order valence-electron chi connectivity index (χ3n) is 5.27. The van der Waals surface area contributed by atoms with Crippen molar-refractivity contribution in [2.24, 2.45) is 0 Å². The fraction of sp³-hybridized carbons (Fsp3) is 0.476. The van der Waals surface area contributed by atoms with Crippen LogP contribution in [-0.2, 0) is 4.79 Å². The van der Waals surface area contributed by atoms with Crippen molar-refractivity contribution in [1.82, 2.24) is 10.2 Å². The summed E-state index contributed by atoms with van der Waals surface area (Å²) in [5, 5.41) is 5.95. The Balaban J connectivity index is 1.66. The zero-order valence-electron chi connectivity index (χ0n) is 14.8. The first-order chi connectivity index (χ1) is 11.7. The van der Waals surface area contributed by atoms with E-state index in [2.05, 4.69) is 66.5 Å². The Hall–Kier alpha value is -1.87. The van der Waals surface area contributed by atoms with Crippen LogP contribution in [0.4, 0.5) is 0 Å². The molecular formula is C21H28N2O. The van der Waals surface area contributed by atoms with Crippen molar-refractivity contribution < 1.29 is 4.79 Å². The van der Waals surface area contributed by atoms with Crippen LogP contribution < -0.4 is 5.32 Å². The fourth-order valence-electron chi connectivity index (χ4n) is 3.83. The molecule has 1 amide bonds. The second-order valence-electron chi connectivity index (χ2n) is 6.82. The minimum Gasteiger partial charge on any atom is -0.339 e. The van der Waals surface area contributed by atoms with Crippen molar-refractivity contribution in [1.29, 1.82) is 0 Å². The van der Waals surface area contributed by atoms with Crippen molar-refractivity contribution in [3.8, 4) is 0 Å². The predicted octanol–water partition coefficient (Wildman–Crippen LogP) is 4.28. The topological polar surface area (TPSA) is 32.3 Å². The molecule has 1 aliphatic heterocycles. The van der Waals surface area contributed by atoms with Gasteiger partial charge in [0.2, 0.25) is 5.91 Å². The monoisotopic (exact) mass is 324 g/mol. The van der Waals surface area contributed by atoms with Crippen LogP contribution in [0, 0.1) is 0 Å². The van der Waals surface area contributed by atoms with Gasteiger partial charge >= 0.3 is 0 Å². The second kappa shape index (κ2) is 7.80. The van der Waals surface area contributed by atoms with Gasteiger partial charge in [0.1, 0.15) is 0 Å². The minimum atomic E-state index is 0.157. The Morgan fingerprint density at radius 1 is 1.21 bits per heavy atom. The van der Waals surface area contributed by atoms with E-state index < -0.39 is 0 Å². The minimum absolute atomic E-state index is 0.157. The Bertz CT molecular complexity index is 692. The lowest BCUT2D eigenvalue weighted by molar-refractivity contribution is -0.134. The van der Waals surface area contributed by atoms with E-state index >= 15 is 0 Å². The molecule has 1 fully saturated rings. The van der Waals surface area contributed by atoms with E-state index in [4.69, 9.17) is 0 Å². The molecule has 0 saturated carbocycles. The largest absolute Gasteiger partial charge is 0.339 e. The van der Waals surface area contributed by atoms with Crippen LogP contribution in [0.3, 0.4) is 0 Å². The summed E-state index contributed by atoms with van der Waals surface area (Å²) in [5.74, 6) is 0.244. The molecule has 1 aliphatic rings. The average Bonchev–Trinajstić information content (AvgIpc) is 2.65. The van der Waals surface area contributed by atoms with Gasteiger partial charge in [-0.3, -0.25) is 4.79 Å². The van der Waals surface area contributed by atoms with Crippen molar-refractivity contribution in [3.05, 3.63) is 48.0 Å². The first kappa shape index (κ1) is 17.0. The van der Waals surface area contributed by atoms with Gasteiger partial charge < -0.3 is 10.2 Å². The van der Waals surface area contributed by atoms with Crippen LogP contribution >= 0.6 is 0 Å². The Labute approximate surface area is 145 Å². The number of nitrogens with one attached hydrogen (secondary N) is 1. The number of hydrogen-bond donors (Lipinski definition) is 1. The van der Waals surface area contributed by atoms with Crippen LogP contribution in [0.25, 0.3) is 10.8 Å². The number of fused-ring (bicyclic) bond motifs is 1. The number of piperidine rings is 1. The summed E-state index contributed by atoms with van der Waals surface area (Å²) in [6.07, 6.45) is 4.61. The molecule has 0 bridgehead atoms. The maximum atomic E-state index is 12.6. The number of amides is 1. The van der Waals surface area contributed by atoms with Gasteiger partial charge in [-0.25, -0.2) is 0 Å². The maximum Gasteiger partial charge on any atom is 0.236 e. The van der Waals surface area contributed by atoms with Crippen LogP contribution in [0.2, 0.25) is 0 Å². The van der Waals surface area contributed by atoms with Gasteiger partial charge in [0, 0.05) is 18.6 Å². The highest BCUT2D eigenvalue weighted by Crippen LogP contribution is 2.24. The lowest BCUT2D eigenvalue weighted by atomic mass is 9.99. The highest BCUT2D eigenvalue weighted by atomic mass is 16.2. The highest BCUT2D eigenvalue weighted by Gasteiger charge is 2.25. The Kier molecular flexibility index (Phi) is 5.52. The van der Waals surface area contributed by atoms with E-state index in [0.29, 0.717) is 12.6 Å². The summed E-state index contributed by atoms with van der Waals surface area (Å²) in [6, 6.07) is 15.4. The molecule has 3 heteroatoms. The third-order valence-corrected chi connectivity index (χ3v) is 5.27. The molecule has 24 heavy (non-hydrogen) atoms. The summed E-state index contributed by atoms with van der Waals surface area (Å²) in [4.78, 5) is 14.7. The van der Waals surface area contributed by atoms with Crippen LogP contribution in [0.1, 0.15) is 51.1 Å². The molecule has 1 heterocycles. The first-order valence-corrected chi connectivity index (χ1v) is 9.21. The molecule has 0 aromatic heterocycles. The summed E-state index contributed by atoms with van der Waals surface area (Å²) in [6.45, 7) is 5.66. The van der Waals surface area contributed by atoms with E-state index in [0.717, 1.165) is 25.8 Å². The molecule has 0 aliphatic carbocycles. The SMILES string of the molecule is CCC1CCCCN1C(=O)CNC(C)c1cccc2ccccc12. The average molecular weight is 324 g/mol. The molecule has 0 radical (unpaired) electrons. The molecule has 2 aromatic rings. The van der Waals surface area contributed by atoms with E-state index in [1.54, 1.807) is 0 Å². The Morgan fingerprint density at radius 3 is 2.83 bits per heavy atom. The zero-order valence-corrected chi connectivity index (χ0v) is 14.8. The molecule has 128 valence electrons. The normalized spacial score (nSPS) is 19.4. The number of rotatable bonds is 5. The standard InChI is InChI=1S/C21H28N2O/c1-3-18-11-6-7-14-23(18)21(24)15-22-16(2)19-13-8-10-17-9-4-5-12-20(17)19/h4-5,8-10,12-13,16,18,22H,3,6-7,11,14-15H2,1-2H3. The number of carbonyl (C=O) groups excluding carboxylic acids is 1. The van der Waals surface area contributed by atoms with Crippen molar-refractivity contribution in [2.75, 3.05) is 13.1 Å². The fourth-order valence-corrected chi connectivity index (χ4v) is 3.83. The van der Waals surface area contributed by atoms with Crippen molar-refractivity contribution in [3.63, 3.8) is 0 Å². The Morgan fingerprint density at radius 2 is 2.00 bits per heavy atom. The summed E-state index contributed by atoms with van der Waals surface area (Å²) in [7, 11) is 0. The van der Waals surface area contributed by atoms with Crippen LogP contribution in [-0.4, -0.2) is 29.9 Å². The van der Waals surface area contributed by atoms with Gasteiger partial charge in [0.05, 0.1) is 6.54 Å². The molecule has 0 spiro atoms.